The first-order valence-corrected chi connectivity index (χ1v) is 8.66. The van der Waals surface area contributed by atoms with Gasteiger partial charge >= 0.3 is 5.97 Å². The second kappa shape index (κ2) is 5.96. The van der Waals surface area contributed by atoms with Crippen molar-refractivity contribution in [2.45, 2.75) is 5.92 Å². The Bertz CT molecular complexity index is 787. The molecule has 3 rings (SSSR count). The summed E-state index contributed by atoms with van der Waals surface area (Å²) in [5.41, 5.74) is 1.58. The second-order valence-corrected chi connectivity index (χ2v) is 8.10. The van der Waals surface area contributed by atoms with Crippen LogP contribution in [0.25, 0.3) is 0 Å². The minimum absolute atomic E-state index is 0.214. The van der Waals surface area contributed by atoms with Crippen LogP contribution in [-0.2, 0) is 9.53 Å². The maximum Gasteiger partial charge on any atom is 0.317 e. The number of thiophene rings is 1. The van der Waals surface area contributed by atoms with Crippen molar-refractivity contribution in [1.82, 2.24) is 0 Å². The fourth-order valence-corrected chi connectivity index (χ4v) is 4.67. The summed E-state index contributed by atoms with van der Waals surface area (Å²) in [6.45, 7) is 0. The summed E-state index contributed by atoms with van der Waals surface area (Å²) in [7, 11) is 1.28. The Kier molecular flexibility index (Phi) is 4.34. The minimum Gasteiger partial charge on any atom is -0.468 e. The number of benzene rings is 1. The molecule has 1 aromatic carbocycles. The van der Waals surface area contributed by atoms with Crippen LogP contribution in [0.1, 0.15) is 26.7 Å². The molecule has 0 aliphatic heterocycles. The standard InChI is InChI=1S/C15H9BrCl2O3S/c1-21-15(20)12-11(6-2-3-8(17)9(18)4-6)7-5-10(16)22-14(7)13(12)19/h2-5,11-12H,1H3. The van der Waals surface area contributed by atoms with E-state index < -0.39 is 17.8 Å². The van der Waals surface area contributed by atoms with E-state index in [-0.39, 0.29) is 5.78 Å². The zero-order valence-corrected chi connectivity index (χ0v) is 15.1. The van der Waals surface area contributed by atoms with E-state index in [0.717, 1.165) is 14.9 Å². The average Bonchev–Trinajstić information content (AvgIpc) is 2.98. The number of carbonyl (C=O) groups is 2. The summed E-state index contributed by atoms with van der Waals surface area (Å²) in [5, 5.41) is 0.814. The van der Waals surface area contributed by atoms with Crippen LogP contribution in [0.4, 0.5) is 0 Å². The Morgan fingerprint density at radius 2 is 2.00 bits per heavy atom. The molecule has 1 heterocycles. The lowest BCUT2D eigenvalue weighted by atomic mass is 9.86. The van der Waals surface area contributed by atoms with Gasteiger partial charge in [-0.1, -0.05) is 29.3 Å². The molecule has 0 radical (unpaired) electrons. The molecule has 114 valence electrons. The molecule has 0 spiro atoms. The van der Waals surface area contributed by atoms with Crippen molar-refractivity contribution in [3.05, 3.63) is 54.1 Å². The Morgan fingerprint density at radius 1 is 1.27 bits per heavy atom. The first-order chi connectivity index (χ1) is 10.4. The summed E-state index contributed by atoms with van der Waals surface area (Å²) in [6.07, 6.45) is 0. The van der Waals surface area contributed by atoms with Gasteiger partial charge in [-0.15, -0.1) is 11.3 Å². The number of esters is 1. The molecule has 22 heavy (non-hydrogen) atoms. The van der Waals surface area contributed by atoms with Gasteiger partial charge in [-0.3, -0.25) is 9.59 Å². The Balaban J connectivity index is 2.17. The highest BCUT2D eigenvalue weighted by Crippen LogP contribution is 2.48. The van der Waals surface area contributed by atoms with E-state index >= 15 is 0 Å². The first-order valence-electron chi connectivity index (χ1n) is 6.30. The zero-order valence-electron chi connectivity index (χ0n) is 11.2. The maximum absolute atomic E-state index is 12.6. The lowest BCUT2D eigenvalue weighted by Gasteiger charge is -2.18. The number of halogens is 3. The fourth-order valence-electron chi connectivity index (χ4n) is 2.72. The smallest absolute Gasteiger partial charge is 0.317 e. The molecule has 1 aliphatic rings. The van der Waals surface area contributed by atoms with Crippen molar-refractivity contribution in [2.75, 3.05) is 7.11 Å². The number of hydrogen-bond acceptors (Lipinski definition) is 4. The lowest BCUT2D eigenvalue weighted by Crippen LogP contribution is -2.26. The van der Waals surface area contributed by atoms with Gasteiger partial charge in [0.2, 0.25) is 0 Å². The SMILES string of the molecule is COC(=O)C1C(=O)c2sc(Br)cc2C1c1ccc(Cl)c(Cl)c1. The molecular formula is C15H9BrCl2O3S. The zero-order chi connectivity index (χ0) is 16.0. The van der Waals surface area contributed by atoms with E-state index in [1.54, 1.807) is 18.2 Å². The molecule has 2 atom stereocenters. The van der Waals surface area contributed by atoms with E-state index in [4.69, 9.17) is 27.9 Å². The number of methoxy groups -OCH3 is 1. The third kappa shape index (κ3) is 2.50. The highest BCUT2D eigenvalue weighted by molar-refractivity contribution is 9.11. The van der Waals surface area contributed by atoms with Crippen molar-refractivity contribution in [2.24, 2.45) is 5.92 Å². The van der Waals surface area contributed by atoms with Gasteiger partial charge in [-0.05, 0) is 45.3 Å². The third-order valence-electron chi connectivity index (χ3n) is 3.66. The topological polar surface area (TPSA) is 43.4 Å². The number of hydrogen-bond donors (Lipinski definition) is 0. The van der Waals surface area contributed by atoms with Gasteiger partial charge in [0.15, 0.2) is 5.78 Å². The summed E-state index contributed by atoms with van der Waals surface area (Å²) < 4.78 is 5.66. The number of fused-ring (bicyclic) bond motifs is 1. The van der Waals surface area contributed by atoms with Crippen molar-refractivity contribution in [3.8, 4) is 0 Å². The molecule has 0 bridgehead atoms. The Hall–Kier alpha value is -0.880. The number of carbonyl (C=O) groups excluding carboxylic acids is 2. The van der Waals surface area contributed by atoms with Crippen LogP contribution >= 0.6 is 50.5 Å². The second-order valence-electron chi connectivity index (χ2n) is 4.85. The monoisotopic (exact) mass is 418 g/mol. The van der Waals surface area contributed by atoms with Crippen LogP contribution in [0.3, 0.4) is 0 Å². The van der Waals surface area contributed by atoms with Crippen LogP contribution in [0.2, 0.25) is 10.0 Å². The molecule has 0 saturated heterocycles. The van der Waals surface area contributed by atoms with Gasteiger partial charge in [0.25, 0.3) is 0 Å². The summed E-state index contributed by atoms with van der Waals surface area (Å²) >= 11 is 16.7. The molecule has 2 unspecified atom stereocenters. The van der Waals surface area contributed by atoms with Crippen molar-refractivity contribution in [3.63, 3.8) is 0 Å². The molecule has 0 saturated carbocycles. The van der Waals surface area contributed by atoms with Gasteiger partial charge in [0.1, 0.15) is 5.92 Å². The van der Waals surface area contributed by atoms with Crippen molar-refractivity contribution >= 4 is 62.2 Å². The fraction of sp³-hybridized carbons (Fsp3) is 0.200. The number of Topliss-reactive ketones (excluding diaryl/α,β-unsaturated/α-hetero) is 1. The quantitative estimate of drug-likeness (QED) is 0.511. The largest absolute Gasteiger partial charge is 0.468 e. The van der Waals surface area contributed by atoms with Crippen LogP contribution in [0.15, 0.2) is 28.1 Å². The Labute approximate surface area is 149 Å². The van der Waals surface area contributed by atoms with Gasteiger partial charge in [-0.25, -0.2) is 0 Å². The summed E-state index contributed by atoms with van der Waals surface area (Å²) in [5.74, 6) is -2.04. The predicted molar refractivity (Wildman–Crippen MR) is 90.2 cm³/mol. The van der Waals surface area contributed by atoms with Gasteiger partial charge in [0.05, 0.1) is 25.8 Å². The van der Waals surface area contributed by atoms with E-state index in [1.807, 2.05) is 6.07 Å². The highest BCUT2D eigenvalue weighted by atomic mass is 79.9. The third-order valence-corrected chi connectivity index (χ3v) is 6.07. The number of ether oxygens (including phenoxy) is 1. The summed E-state index contributed by atoms with van der Waals surface area (Å²) in [6, 6.07) is 7.01. The Morgan fingerprint density at radius 3 is 2.64 bits per heavy atom. The maximum atomic E-state index is 12.6. The molecular weight excluding hydrogens is 411 g/mol. The first kappa shape index (κ1) is 16.0. The molecule has 1 aromatic heterocycles. The van der Waals surface area contributed by atoms with Crippen LogP contribution in [-0.4, -0.2) is 18.9 Å². The van der Waals surface area contributed by atoms with Crippen molar-refractivity contribution < 1.29 is 14.3 Å². The summed E-state index contributed by atoms with van der Waals surface area (Å²) in [4.78, 5) is 25.3. The molecule has 2 aromatic rings. The van der Waals surface area contributed by atoms with E-state index in [0.29, 0.717) is 14.9 Å². The molecule has 7 heteroatoms. The van der Waals surface area contributed by atoms with Crippen LogP contribution in [0.5, 0.6) is 0 Å². The molecule has 3 nitrogen and oxygen atoms in total. The number of ketones is 1. The lowest BCUT2D eigenvalue weighted by molar-refractivity contribution is -0.143. The molecule has 0 amide bonds. The molecule has 0 N–H and O–H groups in total. The van der Waals surface area contributed by atoms with E-state index in [1.165, 1.54) is 18.4 Å². The van der Waals surface area contributed by atoms with Gasteiger partial charge in [0, 0.05) is 5.92 Å². The number of rotatable bonds is 2. The molecule has 1 aliphatic carbocycles. The van der Waals surface area contributed by atoms with Crippen LogP contribution in [0, 0.1) is 5.92 Å². The molecule has 0 fully saturated rings. The van der Waals surface area contributed by atoms with Gasteiger partial charge in [-0.2, -0.15) is 0 Å². The predicted octanol–water partition coefficient (Wildman–Crippen LogP) is 4.93. The normalized spacial score (nSPS) is 20.1. The average molecular weight is 420 g/mol. The van der Waals surface area contributed by atoms with Gasteiger partial charge < -0.3 is 4.74 Å². The minimum atomic E-state index is -0.878. The van der Waals surface area contributed by atoms with E-state index in [9.17, 15) is 9.59 Å². The van der Waals surface area contributed by atoms with E-state index in [2.05, 4.69) is 15.9 Å². The highest BCUT2D eigenvalue weighted by Gasteiger charge is 2.47. The van der Waals surface area contributed by atoms with Crippen molar-refractivity contribution in [1.29, 1.82) is 0 Å². The van der Waals surface area contributed by atoms with Crippen LogP contribution < -0.4 is 0 Å².